The first-order valence-electron chi connectivity index (χ1n) is 28.8. The summed E-state index contributed by atoms with van der Waals surface area (Å²) in [5.74, 6) is 6.40. The fraction of sp³-hybridized carbons (Fsp3) is 0.343. The molecule has 2 aromatic heterocycles. The molecule has 0 N–H and O–H groups in total. The van der Waals surface area contributed by atoms with Crippen molar-refractivity contribution in [3.8, 4) is 22.3 Å². The Labute approximate surface area is 435 Å². The average Bonchev–Trinajstić information content (AvgIpc) is 4.26. The molecule has 0 radical (unpaired) electrons. The van der Waals surface area contributed by atoms with Crippen LogP contribution in [0.25, 0.3) is 76.6 Å². The van der Waals surface area contributed by atoms with Crippen molar-refractivity contribution < 1.29 is 4.42 Å². The number of hydrogen-bond acceptors (Lipinski definition) is 2. The van der Waals surface area contributed by atoms with Gasteiger partial charge in [-0.15, -0.1) is 0 Å². The van der Waals surface area contributed by atoms with Gasteiger partial charge in [0.15, 0.2) is 0 Å². The first kappa shape index (κ1) is 41.8. The Bertz CT molecular complexity index is 4110. The molecule has 3 nitrogen and oxygen atoms in total. The summed E-state index contributed by atoms with van der Waals surface area (Å²) in [6.45, 7) is 6.91. The van der Waals surface area contributed by atoms with E-state index in [4.69, 9.17) is 4.42 Å². The second-order valence-electron chi connectivity index (χ2n) is 26.7. The molecule has 0 amide bonds. The van der Waals surface area contributed by atoms with E-state index < -0.39 is 0 Å². The van der Waals surface area contributed by atoms with Crippen molar-refractivity contribution in [1.82, 2.24) is 4.48 Å². The van der Waals surface area contributed by atoms with E-state index in [1.807, 2.05) is 0 Å². The monoisotopic (exact) mass is 959 g/mol. The highest BCUT2D eigenvalue weighted by Crippen LogP contribution is 2.64. The van der Waals surface area contributed by atoms with Crippen molar-refractivity contribution in [2.45, 2.75) is 114 Å². The zero-order valence-corrected chi connectivity index (χ0v) is 43.2. The van der Waals surface area contributed by atoms with Crippen LogP contribution < -0.4 is 15.8 Å². The zero-order chi connectivity index (χ0) is 48.6. The summed E-state index contributed by atoms with van der Waals surface area (Å²) in [5.41, 5.74) is 19.2. The second kappa shape index (κ2) is 14.2. The van der Waals surface area contributed by atoms with E-state index in [2.05, 4.69) is 176 Å². The van der Waals surface area contributed by atoms with Crippen molar-refractivity contribution in [3.63, 3.8) is 0 Å². The van der Waals surface area contributed by atoms with Gasteiger partial charge in [-0.25, -0.2) is 0 Å². The van der Waals surface area contributed by atoms with Crippen molar-refractivity contribution in [2.24, 2.45) is 35.5 Å². The van der Waals surface area contributed by atoms with Crippen LogP contribution in [0, 0.1) is 35.5 Å². The Balaban J connectivity index is 0.989. The first-order chi connectivity index (χ1) is 36.2. The molecule has 8 atom stereocenters. The number of nitrogens with zero attached hydrogens (tertiary/aromatic N) is 2. The maximum absolute atomic E-state index is 7.72. The standard InChI is InChI=1S/C70H63BN2O/c1-68(2,3)49-18-21-59(55(32-49)42-11-5-4-6-12-42)72-61-31-46-14-8-9-15-52(46)62-58-35-51(70-26-24-45-28-41(37-70)30-48(45)39-70)34-57-56-33-50(69-25-23-44-27-40(36-69)29-47(44)38-69)19-22-60(56)73(65(57)58)71(64(61)62)63-54-20-17-43-13-7-10-16-53(43)66(54)74-67(63)72/h4-22,31-35,40-41,44-45,47-48H,23-30,36-39H2,1-3H3. The van der Waals surface area contributed by atoms with Gasteiger partial charge < -0.3 is 8.90 Å². The minimum atomic E-state index is -0.116. The Morgan fingerprint density at radius 3 is 1.99 bits per heavy atom. The molecule has 8 aromatic carbocycles. The van der Waals surface area contributed by atoms with Gasteiger partial charge >= 0.3 is 6.85 Å². The van der Waals surface area contributed by atoms with Gasteiger partial charge in [0.1, 0.15) is 5.58 Å². The quantitative estimate of drug-likeness (QED) is 0.164. The maximum Gasteiger partial charge on any atom is 0.337 e. The lowest BCUT2D eigenvalue weighted by Gasteiger charge is -2.46. The van der Waals surface area contributed by atoms with Crippen LogP contribution in [-0.2, 0) is 16.2 Å². The smallest absolute Gasteiger partial charge is 0.337 e. The minimum absolute atomic E-state index is 0.0328. The second-order valence-corrected chi connectivity index (χ2v) is 26.7. The first-order valence-corrected chi connectivity index (χ1v) is 28.8. The molecule has 4 heterocycles. The van der Waals surface area contributed by atoms with Crippen LogP contribution in [0.5, 0.6) is 0 Å². The summed E-state index contributed by atoms with van der Waals surface area (Å²) < 4.78 is 10.6. The van der Waals surface area contributed by atoms with E-state index in [1.54, 1.807) is 11.1 Å². The third-order valence-corrected chi connectivity index (χ3v) is 22.0. The molecule has 0 spiro atoms. The van der Waals surface area contributed by atoms with Gasteiger partial charge in [-0.1, -0.05) is 124 Å². The fourth-order valence-corrected chi connectivity index (χ4v) is 19.0. The van der Waals surface area contributed by atoms with E-state index in [1.165, 1.54) is 170 Å². The summed E-state index contributed by atoms with van der Waals surface area (Å²) in [4.78, 5) is 2.57. The van der Waals surface area contributed by atoms with Gasteiger partial charge in [0.05, 0.1) is 5.69 Å². The molecule has 74 heavy (non-hydrogen) atoms. The lowest BCUT2D eigenvalue weighted by Crippen LogP contribution is -2.56. The number of rotatable bonds is 4. The maximum atomic E-state index is 7.72. The third-order valence-electron chi connectivity index (χ3n) is 22.0. The van der Waals surface area contributed by atoms with E-state index in [0.29, 0.717) is 5.41 Å². The van der Waals surface area contributed by atoms with Gasteiger partial charge in [-0.2, -0.15) is 0 Å². The number of anilines is 3. The molecule has 6 fully saturated rings. The predicted molar refractivity (Wildman–Crippen MR) is 309 cm³/mol. The topological polar surface area (TPSA) is 21.3 Å². The largest absolute Gasteiger partial charge is 0.440 e. The molecule has 6 aliphatic carbocycles. The summed E-state index contributed by atoms with van der Waals surface area (Å²) in [6, 6.07) is 57.5. The van der Waals surface area contributed by atoms with E-state index in [0.717, 1.165) is 52.7 Å². The van der Waals surface area contributed by atoms with Crippen LogP contribution in [0.3, 0.4) is 0 Å². The molecule has 0 saturated heterocycles. The molecule has 362 valence electrons. The van der Waals surface area contributed by atoms with Crippen molar-refractivity contribution in [2.75, 3.05) is 4.90 Å². The Kier molecular flexibility index (Phi) is 8.04. The molecular weight excluding hydrogens is 896 g/mol. The van der Waals surface area contributed by atoms with Crippen LogP contribution in [-0.4, -0.2) is 11.3 Å². The van der Waals surface area contributed by atoms with E-state index in [-0.39, 0.29) is 17.7 Å². The molecular formula is C70H63BN2O. The Morgan fingerprint density at radius 1 is 0.527 bits per heavy atom. The molecule has 18 rings (SSSR count). The van der Waals surface area contributed by atoms with Crippen LogP contribution in [0.15, 0.2) is 150 Å². The number of hydrogen-bond donors (Lipinski definition) is 0. The van der Waals surface area contributed by atoms with Crippen molar-refractivity contribution >= 4 is 89.4 Å². The number of benzene rings is 8. The van der Waals surface area contributed by atoms with Crippen LogP contribution in [0.4, 0.5) is 17.3 Å². The highest BCUT2D eigenvalue weighted by molar-refractivity contribution is 6.92. The Morgan fingerprint density at radius 2 is 1.22 bits per heavy atom. The molecule has 8 unspecified atom stereocenters. The van der Waals surface area contributed by atoms with Crippen LogP contribution >= 0.6 is 0 Å². The summed E-state index contributed by atoms with van der Waals surface area (Å²) in [7, 11) is 0. The van der Waals surface area contributed by atoms with Gasteiger partial charge in [0.2, 0.25) is 5.88 Å². The summed E-state index contributed by atoms with van der Waals surface area (Å²) in [6.07, 6.45) is 16.9. The van der Waals surface area contributed by atoms with Gasteiger partial charge in [-0.3, -0.25) is 4.90 Å². The third kappa shape index (κ3) is 5.40. The zero-order valence-electron chi connectivity index (χ0n) is 43.2. The fourth-order valence-electron chi connectivity index (χ4n) is 19.0. The van der Waals surface area contributed by atoms with Crippen LogP contribution in [0.1, 0.15) is 115 Å². The summed E-state index contributed by atoms with van der Waals surface area (Å²) in [5, 5.41) is 9.18. The molecule has 4 heteroatoms. The average molecular weight is 959 g/mol. The molecule has 10 aromatic rings. The minimum Gasteiger partial charge on any atom is -0.440 e. The van der Waals surface area contributed by atoms with E-state index >= 15 is 0 Å². The highest BCUT2D eigenvalue weighted by atomic mass is 16.4. The van der Waals surface area contributed by atoms with Gasteiger partial charge in [-0.05, 0) is 221 Å². The normalized spacial score (nSPS) is 27.9. The highest BCUT2D eigenvalue weighted by Gasteiger charge is 2.55. The number of fused-ring (bicyclic) bond motifs is 17. The Hall–Kier alpha value is -6.52. The number of aromatic nitrogens is 1. The summed E-state index contributed by atoms with van der Waals surface area (Å²) >= 11 is 0. The van der Waals surface area contributed by atoms with Gasteiger partial charge in [0.25, 0.3) is 0 Å². The van der Waals surface area contributed by atoms with Crippen LogP contribution in [0.2, 0.25) is 0 Å². The lowest BCUT2D eigenvalue weighted by atomic mass is 9.45. The van der Waals surface area contributed by atoms with Crippen molar-refractivity contribution in [1.29, 1.82) is 0 Å². The molecule has 6 bridgehead atoms. The molecule has 2 aliphatic heterocycles. The van der Waals surface area contributed by atoms with Crippen molar-refractivity contribution in [3.05, 3.63) is 162 Å². The number of furan rings is 1. The predicted octanol–water partition coefficient (Wildman–Crippen LogP) is 17.2. The van der Waals surface area contributed by atoms with E-state index in [9.17, 15) is 0 Å². The molecule has 6 saturated carbocycles. The SMILES string of the molecule is CC(C)(C)c1ccc(N2c3cc4ccccc4c4c3B(c3c2oc2c3ccc3ccccc32)n2c3ccc(C56CCC7CC(CC7C5)C6)cc3c3cc(C56CCC7CC(CC7C5)C6)cc-4c32)c(-c2ccccc2)c1. The lowest BCUT2D eigenvalue weighted by molar-refractivity contribution is 0.139. The molecule has 8 aliphatic rings. The van der Waals surface area contributed by atoms with Gasteiger partial charge in [0, 0.05) is 54.9 Å².